The summed E-state index contributed by atoms with van der Waals surface area (Å²) in [4.78, 5) is 21.3. The van der Waals surface area contributed by atoms with Crippen LogP contribution in [-0.2, 0) is 0 Å². The Morgan fingerprint density at radius 3 is 1.89 bits per heavy atom. The fourth-order valence-electron chi connectivity index (χ4n) is 6.25. The quantitative estimate of drug-likeness (QED) is 0.302. The van der Waals surface area contributed by atoms with Gasteiger partial charge in [0.25, 0.3) is 0 Å². The molecule has 0 spiro atoms. The molecule has 0 unspecified atom stereocenters. The minimum absolute atomic E-state index is 0.405. The molecule has 7 heteroatoms. The van der Waals surface area contributed by atoms with E-state index in [-0.39, 0.29) is 0 Å². The fourth-order valence-corrected chi connectivity index (χ4v) is 6.25. The normalized spacial score (nSPS) is 20.6. The lowest BCUT2D eigenvalue weighted by Crippen LogP contribution is -2.20. The van der Waals surface area contributed by atoms with Gasteiger partial charge in [0.15, 0.2) is 7.98 Å². The van der Waals surface area contributed by atoms with Crippen molar-refractivity contribution in [2.75, 3.05) is 20.1 Å². The van der Waals surface area contributed by atoms with Crippen LogP contribution in [0.1, 0.15) is 49.4 Å². The highest BCUT2D eigenvalue weighted by atomic mass is 15.2. The van der Waals surface area contributed by atoms with E-state index in [4.69, 9.17) is 4.98 Å². The van der Waals surface area contributed by atoms with Crippen LogP contribution in [0.25, 0.3) is 44.4 Å². The first-order valence-corrected chi connectivity index (χ1v) is 13.8. The predicted octanol–water partition coefficient (Wildman–Crippen LogP) is 5.74. The van der Waals surface area contributed by atoms with E-state index in [1.165, 1.54) is 58.7 Å². The monoisotopic (exact) mass is 500 g/mol. The molecule has 7 rings (SSSR count). The topological polar surface area (TPSA) is 63.8 Å². The SMILES string of the molecule is BN1CCC[C@H]1c1ncc(-c2ccc3cc(-c4ccc(-c5cnc([C@@H]6CCCN6C)[nH]5)cc4)ccc3c2)[nH]1. The molecule has 2 aromatic heterocycles. The first kappa shape index (κ1) is 23.4. The molecule has 0 radical (unpaired) electrons. The molecule has 6 nitrogen and oxygen atoms in total. The van der Waals surface area contributed by atoms with Crippen LogP contribution in [0.3, 0.4) is 0 Å². The highest BCUT2D eigenvalue weighted by Gasteiger charge is 2.26. The summed E-state index contributed by atoms with van der Waals surface area (Å²) in [6.07, 6.45) is 8.77. The van der Waals surface area contributed by atoms with Crippen LogP contribution in [0.15, 0.2) is 73.1 Å². The van der Waals surface area contributed by atoms with Gasteiger partial charge in [0.1, 0.15) is 11.6 Å². The van der Waals surface area contributed by atoms with E-state index in [0.717, 1.165) is 36.1 Å². The van der Waals surface area contributed by atoms with Crippen LogP contribution in [0, 0.1) is 0 Å². The number of aromatic nitrogens is 4. The number of nitrogens with zero attached hydrogens (tertiary/aromatic N) is 4. The lowest BCUT2D eigenvalue weighted by molar-refractivity contribution is 0.307. The number of fused-ring (bicyclic) bond motifs is 1. The smallest absolute Gasteiger partial charge is 0.186 e. The number of benzene rings is 3. The van der Waals surface area contributed by atoms with Crippen LogP contribution in [0.4, 0.5) is 0 Å². The molecule has 2 fully saturated rings. The molecule has 0 amide bonds. The van der Waals surface area contributed by atoms with E-state index < -0.39 is 0 Å². The lowest BCUT2D eigenvalue weighted by Gasteiger charge is -2.17. The van der Waals surface area contributed by atoms with Gasteiger partial charge in [-0.05, 0) is 85.4 Å². The fraction of sp³-hybridized carbons (Fsp3) is 0.290. The molecule has 0 saturated carbocycles. The van der Waals surface area contributed by atoms with Crippen LogP contribution in [0.5, 0.6) is 0 Å². The Labute approximate surface area is 224 Å². The highest BCUT2D eigenvalue weighted by molar-refractivity contribution is 6.04. The van der Waals surface area contributed by atoms with E-state index in [1.807, 2.05) is 12.4 Å². The molecule has 3 aromatic carbocycles. The molecule has 2 atom stereocenters. The summed E-state index contributed by atoms with van der Waals surface area (Å²) < 4.78 is 0. The van der Waals surface area contributed by atoms with E-state index in [1.54, 1.807) is 0 Å². The average Bonchev–Trinajstić information content (AvgIpc) is 3.75. The van der Waals surface area contributed by atoms with E-state index in [0.29, 0.717) is 12.1 Å². The van der Waals surface area contributed by atoms with Crippen molar-refractivity contribution in [3.8, 4) is 33.6 Å². The molecular formula is C31H33BN6. The highest BCUT2D eigenvalue weighted by Crippen LogP contribution is 2.33. The number of aromatic amines is 2. The van der Waals surface area contributed by atoms with E-state index in [9.17, 15) is 0 Å². The average molecular weight is 500 g/mol. The Balaban J connectivity index is 1.10. The number of likely N-dealkylation sites (tertiary alicyclic amines) is 1. The minimum Gasteiger partial charge on any atom is -0.341 e. The zero-order valence-corrected chi connectivity index (χ0v) is 22.1. The van der Waals surface area contributed by atoms with Crippen molar-refractivity contribution < 1.29 is 0 Å². The Bertz CT molecular complexity index is 1590. The largest absolute Gasteiger partial charge is 0.341 e. The number of rotatable bonds is 5. The summed E-state index contributed by atoms with van der Waals surface area (Å²) in [5.41, 5.74) is 6.96. The predicted molar refractivity (Wildman–Crippen MR) is 156 cm³/mol. The van der Waals surface area contributed by atoms with E-state index in [2.05, 4.69) is 100 Å². The molecule has 2 aliphatic rings. The molecule has 2 saturated heterocycles. The third-order valence-electron chi connectivity index (χ3n) is 8.54. The second kappa shape index (κ2) is 9.57. The summed E-state index contributed by atoms with van der Waals surface area (Å²) in [5.74, 6) is 2.16. The maximum absolute atomic E-state index is 4.71. The van der Waals surface area contributed by atoms with Crippen molar-refractivity contribution in [3.05, 3.63) is 84.7 Å². The summed E-state index contributed by atoms with van der Waals surface area (Å²) >= 11 is 0. The second-order valence-electron chi connectivity index (χ2n) is 11.0. The Morgan fingerprint density at radius 2 is 1.24 bits per heavy atom. The van der Waals surface area contributed by atoms with Gasteiger partial charge in [-0.25, -0.2) is 9.97 Å². The van der Waals surface area contributed by atoms with E-state index >= 15 is 0 Å². The van der Waals surface area contributed by atoms with Gasteiger partial charge in [-0.2, -0.15) is 0 Å². The van der Waals surface area contributed by atoms with Gasteiger partial charge in [-0.3, -0.25) is 4.90 Å². The van der Waals surface area contributed by atoms with Crippen molar-refractivity contribution in [2.24, 2.45) is 0 Å². The third kappa shape index (κ3) is 4.26. The molecule has 0 aliphatic carbocycles. The van der Waals surface area contributed by atoms with Gasteiger partial charge in [0.05, 0.1) is 35.9 Å². The van der Waals surface area contributed by atoms with Crippen LogP contribution >= 0.6 is 0 Å². The van der Waals surface area contributed by atoms with Gasteiger partial charge in [-0.15, -0.1) is 0 Å². The molecule has 0 bridgehead atoms. The third-order valence-corrected chi connectivity index (χ3v) is 8.54. The molecule has 2 N–H and O–H groups in total. The molecule has 38 heavy (non-hydrogen) atoms. The number of H-pyrrole nitrogens is 2. The van der Waals surface area contributed by atoms with Gasteiger partial charge < -0.3 is 14.8 Å². The first-order valence-electron chi connectivity index (χ1n) is 13.8. The van der Waals surface area contributed by atoms with Crippen LogP contribution < -0.4 is 0 Å². The van der Waals surface area contributed by atoms with Gasteiger partial charge in [0, 0.05) is 5.56 Å². The summed E-state index contributed by atoms with van der Waals surface area (Å²) in [5, 5.41) is 2.48. The molecule has 5 aromatic rings. The Hall–Kier alpha value is -3.68. The Morgan fingerprint density at radius 1 is 0.684 bits per heavy atom. The number of hydrogen-bond acceptors (Lipinski definition) is 4. The van der Waals surface area contributed by atoms with Crippen molar-refractivity contribution in [3.63, 3.8) is 0 Å². The van der Waals surface area contributed by atoms with Gasteiger partial charge in [0.2, 0.25) is 0 Å². The van der Waals surface area contributed by atoms with Crippen molar-refractivity contribution in [1.82, 2.24) is 29.6 Å². The molecule has 4 heterocycles. The minimum atomic E-state index is 0.405. The molecule has 2 aliphatic heterocycles. The standard InChI is InChI=1S/C31H33BN6/c1-37-14-2-4-28(37)30-33-18-26(35-30)21-8-6-20(7-9-21)22-10-11-24-17-25(13-12-23(24)16-22)27-19-34-31(36-27)29-5-3-15-38(29)32/h6-13,16-19,28-29H,2-5,14-15,32H2,1H3,(H,33,35)(H,34,36)/t28-,29-/m0/s1. The van der Waals surface area contributed by atoms with Crippen molar-refractivity contribution >= 4 is 18.8 Å². The maximum Gasteiger partial charge on any atom is 0.186 e. The summed E-state index contributed by atoms with van der Waals surface area (Å²) in [7, 11) is 4.37. The van der Waals surface area contributed by atoms with Crippen molar-refractivity contribution in [1.29, 1.82) is 0 Å². The number of nitrogens with one attached hydrogen (secondary N) is 2. The zero-order valence-electron chi connectivity index (χ0n) is 22.1. The summed E-state index contributed by atoms with van der Waals surface area (Å²) in [6.45, 7) is 2.29. The van der Waals surface area contributed by atoms with Gasteiger partial charge >= 0.3 is 0 Å². The molecular weight excluding hydrogens is 467 g/mol. The Kier molecular flexibility index (Phi) is 5.90. The van der Waals surface area contributed by atoms with Crippen LogP contribution in [0.2, 0.25) is 0 Å². The van der Waals surface area contributed by atoms with Crippen LogP contribution in [-0.4, -0.2) is 57.8 Å². The maximum atomic E-state index is 4.71. The summed E-state index contributed by atoms with van der Waals surface area (Å²) in [6, 6.07) is 23.0. The lowest BCUT2D eigenvalue weighted by atomic mass is 9.98. The molecule has 190 valence electrons. The number of hydrogen-bond donors (Lipinski definition) is 2. The number of imidazole rings is 2. The first-order chi connectivity index (χ1) is 18.6. The van der Waals surface area contributed by atoms with Crippen molar-refractivity contribution in [2.45, 2.75) is 37.8 Å². The second-order valence-corrected chi connectivity index (χ2v) is 11.0. The zero-order chi connectivity index (χ0) is 25.6. The van der Waals surface area contributed by atoms with Gasteiger partial charge in [-0.1, -0.05) is 48.5 Å².